The van der Waals surface area contributed by atoms with Gasteiger partial charge in [-0.25, -0.2) is 10.1 Å². The van der Waals surface area contributed by atoms with E-state index in [1.807, 2.05) is 0 Å². The van der Waals surface area contributed by atoms with E-state index in [4.69, 9.17) is 5.26 Å². The van der Waals surface area contributed by atoms with Crippen LogP contribution in [0.4, 0.5) is 22.0 Å². The second-order valence-corrected chi connectivity index (χ2v) is 1.99. The summed E-state index contributed by atoms with van der Waals surface area (Å²) in [5.41, 5.74) is 0. The second kappa shape index (κ2) is 5.37. The number of alkyl halides is 5. The SMILES string of the molecule is N#CN(OC(OC(F)F)C(F)(F)F)[N+](=O)[O-]. The van der Waals surface area contributed by atoms with Gasteiger partial charge in [0.05, 0.1) is 0 Å². The highest BCUT2D eigenvalue weighted by Gasteiger charge is 2.47. The molecular weight excluding hydrogens is 249 g/mol. The van der Waals surface area contributed by atoms with Gasteiger partial charge in [-0.3, -0.25) is 4.74 Å². The zero-order valence-electron chi connectivity index (χ0n) is 7.02. The molecule has 0 bridgehead atoms. The molecule has 16 heavy (non-hydrogen) atoms. The van der Waals surface area contributed by atoms with Gasteiger partial charge in [0.1, 0.15) is 5.17 Å². The topological polar surface area (TPSA) is 88.6 Å². The third-order valence-corrected chi connectivity index (χ3v) is 0.923. The van der Waals surface area contributed by atoms with Crippen LogP contribution in [-0.2, 0) is 9.57 Å². The molecule has 0 aliphatic heterocycles. The lowest BCUT2D eigenvalue weighted by molar-refractivity contribution is -0.727. The van der Waals surface area contributed by atoms with Crippen LogP contribution < -0.4 is 0 Å². The molecule has 0 saturated carbocycles. The third kappa shape index (κ3) is 4.66. The van der Waals surface area contributed by atoms with Crippen LogP contribution in [0.15, 0.2) is 0 Å². The molecule has 0 radical (unpaired) electrons. The number of hydroxylamine groups is 1. The van der Waals surface area contributed by atoms with Gasteiger partial charge in [-0.15, -0.1) is 0 Å². The second-order valence-electron chi connectivity index (χ2n) is 1.99. The van der Waals surface area contributed by atoms with Crippen molar-refractivity contribution in [1.29, 1.82) is 5.26 Å². The van der Waals surface area contributed by atoms with Crippen LogP contribution in [0, 0.1) is 21.6 Å². The predicted octanol–water partition coefficient (Wildman–Crippen LogP) is 1.02. The fraction of sp³-hybridized carbons (Fsp3) is 0.750. The molecule has 0 heterocycles. The lowest BCUT2D eigenvalue weighted by Crippen LogP contribution is -2.42. The quantitative estimate of drug-likeness (QED) is 0.181. The normalized spacial score (nSPS) is 13.3. The number of hydrogen-bond donors (Lipinski definition) is 0. The van der Waals surface area contributed by atoms with Gasteiger partial charge >= 0.3 is 12.8 Å². The Morgan fingerprint density at radius 2 is 1.94 bits per heavy atom. The molecule has 0 aromatic carbocycles. The largest absolute Gasteiger partial charge is 0.442 e. The highest BCUT2D eigenvalue weighted by molar-refractivity contribution is 4.59. The maximum Gasteiger partial charge on any atom is 0.442 e. The minimum Gasteiger partial charge on any atom is -0.281 e. The molecule has 0 rings (SSSR count). The first-order chi connectivity index (χ1) is 7.18. The van der Waals surface area contributed by atoms with Gasteiger partial charge in [0.2, 0.25) is 5.03 Å². The molecule has 0 amide bonds. The lowest BCUT2D eigenvalue weighted by atomic mass is 10.6. The van der Waals surface area contributed by atoms with E-state index in [0.29, 0.717) is 6.19 Å². The Kier molecular flexibility index (Phi) is 4.79. The Morgan fingerprint density at radius 1 is 1.44 bits per heavy atom. The van der Waals surface area contributed by atoms with Crippen LogP contribution in [0.1, 0.15) is 0 Å². The molecule has 1 atom stereocenters. The van der Waals surface area contributed by atoms with Gasteiger partial charge in [0.15, 0.2) is 0 Å². The zero-order valence-corrected chi connectivity index (χ0v) is 7.02. The number of halogens is 5. The molecule has 0 N–H and O–H groups in total. The molecule has 1 unspecified atom stereocenters. The van der Waals surface area contributed by atoms with E-state index in [9.17, 15) is 32.1 Å². The Hall–Kier alpha value is -1.74. The van der Waals surface area contributed by atoms with Crippen LogP contribution in [0.2, 0.25) is 0 Å². The lowest BCUT2D eigenvalue weighted by Gasteiger charge is -2.19. The van der Waals surface area contributed by atoms with E-state index < -0.39 is 29.3 Å². The summed E-state index contributed by atoms with van der Waals surface area (Å²) >= 11 is 0. The molecule has 0 aromatic rings. The molecular formula is C4H2F5N3O4. The van der Waals surface area contributed by atoms with Gasteiger partial charge in [0, 0.05) is 0 Å². The molecule has 0 spiro atoms. The average molecular weight is 251 g/mol. The summed E-state index contributed by atoms with van der Waals surface area (Å²) in [7, 11) is 0. The Morgan fingerprint density at radius 3 is 2.19 bits per heavy atom. The van der Waals surface area contributed by atoms with E-state index in [-0.39, 0.29) is 0 Å². The molecule has 0 fully saturated rings. The number of rotatable bonds is 5. The molecule has 0 saturated heterocycles. The van der Waals surface area contributed by atoms with Crippen LogP contribution >= 0.6 is 0 Å². The monoisotopic (exact) mass is 251 g/mol. The number of nitro groups is 1. The summed E-state index contributed by atoms with van der Waals surface area (Å²) in [6.45, 7) is -3.88. The Bertz CT molecular complexity index is 288. The number of ether oxygens (including phenoxy) is 1. The van der Waals surface area contributed by atoms with Crippen LogP contribution in [0.25, 0.3) is 0 Å². The van der Waals surface area contributed by atoms with Gasteiger partial charge in [-0.2, -0.15) is 32.1 Å². The average Bonchev–Trinajstić information content (AvgIpc) is 2.08. The van der Waals surface area contributed by atoms with E-state index in [1.165, 1.54) is 0 Å². The van der Waals surface area contributed by atoms with E-state index >= 15 is 0 Å². The molecule has 92 valence electrons. The van der Waals surface area contributed by atoms with Crippen molar-refractivity contribution in [3.8, 4) is 6.19 Å². The molecule has 12 heteroatoms. The minimum atomic E-state index is -5.46. The van der Waals surface area contributed by atoms with Crippen molar-refractivity contribution >= 4 is 0 Å². The number of nitriles is 1. The van der Waals surface area contributed by atoms with Crippen LogP contribution in [0.5, 0.6) is 0 Å². The van der Waals surface area contributed by atoms with Gasteiger partial charge < -0.3 is 0 Å². The first-order valence-corrected chi connectivity index (χ1v) is 3.19. The van der Waals surface area contributed by atoms with Crippen molar-refractivity contribution in [3.63, 3.8) is 0 Å². The minimum absolute atomic E-state index is 0.564. The summed E-state index contributed by atoms with van der Waals surface area (Å²) in [5, 5.41) is 15.1. The molecule has 0 aromatic heterocycles. The summed E-state index contributed by atoms with van der Waals surface area (Å²) in [5.74, 6) is 0. The highest BCUT2D eigenvalue weighted by Crippen LogP contribution is 2.26. The van der Waals surface area contributed by atoms with Crippen molar-refractivity contribution in [1.82, 2.24) is 5.17 Å². The highest BCUT2D eigenvalue weighted by atomic mass is 19.4. The van der Waals surface area contributed by atoms with E-state index in [0.717, 1.165) is 0 Å². The number of nitrogens with zero attached hydrogens (tertiary/aromatic N) is 3. The maximum absolute atomic E-state index is 11.9. The number of hydrogen-bond acceptors (Lipinski definition) is 5. The summed E-state index contributed by atoms with van der Waals surface area (Å²) in [6.07, 6.45) is -8.51. The maximum atomic E-state index is 11.9. The first-order valence-electron chi connectivity index (χ1n) is 3.19. The predicted molar refractivity (Wildman–Crippen MR) is 32.5 cm³/mol. The standard InChI is InChI=1S/C4H2F5N3O4/c5-3(6)15-2(4(7,8)9)16-11(1-10)12(13)14/h2-3H. The molecule has 0 aliphatic carbocycles. The number of hydrazine groups is 1. The van der Waals surface area contributed by atoms with Crippen LogP contribution in [0.3, 0.4) is 0 Å². The van der Waals surface area contributed by atoms with Gasteiger partial charge in [0.25, 0.3) is 12.5 Å². The Balaban J connectivity index is 4.67. The summed E-state index contributed by atoms with van der Waals surface area (Å²) in [6, 6.07) is 0. The third-order valence-electron chi connectivity index (χ3n) is 0.923. The smallest absolute Gasteiger partial charge is 0.281 e. The van der Waals surface area contributed by atoms with Crippen molar-refractivity contribution < 1.29 is 36.6 Å². The van der Waals surface area contributed by atoms with Gasteiger partial charge in [-0.1, -0.05) is 0 Å². The van der Waals surface area contributed by atoms with Crippen molar-refractivity contribution in [3.05, 3.63) is 10.1 Å². The van der Waals surface area contributed by atoms with Crippen molar-refractivity contribution in [2.75, 3.05) is 0 Å². The zero-order chi connectivity index (χ0) is 12.9. The van der Waals surface area contributed by atoms with Crippen molar-refractivity contribution in [2.45, 2.75) is 19.1 Å². The summed E-state index contributed by atoms with van der Waals surface area (Å²) < 4.78 is 61.6. The fourth-order valence-corrected chi connectivity index (χ4v) is 0.444. The first kappa shape index (κ1) is 14.3. The molecule has 7 nitrogen and oxygen atoms in total. The van der Waals surface area contributed by atoms with Crippen molar-refractivity contribution in [2.24, 2.45) is 0 Å². The van der Waals surface area contributed by atoms with Crippen LogP contribution in [-0.4, -0.2) is 29.3 Å². The fourth-order valence-electron chi connectivity index (χ4n) is 0.444. The Labute approximate surface area is 83.6 Å². The van der Waals surface area contributed by atoms with E-state index in [1.54, 1.807) is 0 Å². The van der Waals surface area contributed by atoms with Gasteiger partial charge in [-0.05, 0) is 0 Å². The molecule has 0 aliphatic rings. The summed E-state index contributed by atoms with van der Waals surface area (Å²) in [4.78, 5) is 13.1. The van der Waals surface area contributed by atoms with E-state index in [2.05, 4.69) is 9.57 Å².